The molecule has 1 heterocycles. The van der Waals surface area contributed by atoms with Crippen molar-refractivity contribution in [1.29, 1.82) is 0 Å². The highest BCUT2D eigenvalue weighted by Gasteiger charge is 2.06. The highest BCUT2D eigenvalue weighted by molar-refractivity contribution is 6.30. The monoisotopic (exact) mass is 337 g/mol. The van der Waals surface area contributed by atoms with Gasteiger partial charge in [-0.15, -0.1) is 0 Å². The fourth-order valence-electron chi connectivity index (χ4n) is 2.23. The van der Waals surface area contributed by atoms with Gasteiger partial charge in [0.1, 0.15) is 5.82 Å². The second kappa shape index (κ2) is 7.62. The lowest BCUT2D eigenvalue weighted by Crippen LogP contribution is -2.13. The number of amides is 1. The first kappa shape index (κ1) is 16.0. The van der Waals surface area contributed by atoms with Crippen molar-refractivity contribution < 1.29 is 4.79 Å². The predicted molar refractivity (Wildman–Crippen MR) is 96.9 cm³/mol. The Morgan fingerprint density at radius 1 is 1.08 bits per heavy atom. The zero-order chi connectivity index (χ0) is 16.8. The van der Waals surface area contributed by atoms with Crippen LogP contribution in [0.4, 0.5) is 5.82 Å². The van der Waals surface area contributed by atoms with E-state index in [1.807, 2.05) is 54.6 Å². The zero-order valence-corrected chi connectivity index (χ0v) is 13.6. The smallest absolute Gasteiger partial charge is 0.249 e. The molecular weight excluding hydrogens is 322 g/mol. The third kappa shape index (κ3) is 4.33. The maximum absolute atomic E-state index is 12.1. The van der Waals surface area contributed by atoms with Crippen molar-refractivity contribution in [2.24, 2.45) is 0 Å². The number of carbonyl (C=O) groups is 1. The third-order valence-corrected chi connectivity index (χ3v) is 3.69. The molecule has 0 bridgehead atoms. The molecule has 0 aliphatic carbocycles. The molecule has 0 aliphatic heterocycles. The number of carbonyl (C=O) groups excluding carboxylic acids is 1. The second-order valence-corrected chi connectivity index (χ2v) is 5.67. The average molecular weight is 338 g/mol. The lowest BCUT2D eigenvalue weighted by Gasteiger charge is -2.08. The van der Waals surface area contributed by atoms with Crippen LogP contribution in [0.15, 0.2) is 72.9 Å². The molecule has 3 aromatic rings. The molecule has 0 radical (unpaired) electrons. The molecule has 1 amide bonds. The highest BCUT2D eigenvalue weighted by atomic mass is 35.5. The third-order valence-electron chi connectivity index (χ3n) is 3.44. The van der Waals surface area contributed by atoms with Crippen LogP contribution in [-0.2, 0) is 11.3 Å². The molecular formula is C19H16ClN3O. The number of hydrogen-bond donors (Lipinski definition) is 1. The van der Waals surface area contributed by atoms with E-state index in [0.29, 0.717) is 17.4 Å². The fourth-order valence-corrected chi connectivity index (χ4v) is 2.36. The van der Waals surface area contributed by atoms with Crippen molar-refractivity contribution in [3.8, 4) is 0 Å². The Morgan fingerprint density at radius 3 is 2.58 bits per heavy atom. The molecule has 0 saturated carbocycles. The Balaban J connectivity index is 1.65. The Bertz CT molecular complexity index is 839. The van der Waals surface area contributed by atoms with Crippen molar-refractivity contribution in [3.05, 3.63) is 89.1 Å². The van der Waals surface area contributed by atoms with Crippen LogP contribution in [0.5, 0.6) is 0 Å². The van der Waals surface area contributed by atoms with Gasteiger partial charge >= 0.3 is 0 Å². The number of rotatable bonds is 5. The summed E-state index contributed by atoms with van der Waals surface area (Å²) in [6.45, 7) is 0.558. The van der Waals surface area contributed by atoms with Crippen LogP contribution in [0.3, 0.4) is 0 Å². The first-order chi connectivity index (χ1) is 11.7. The van der Waals surface area contributed by atoms with E-state index in [9.17, 15) is 4.79 Å². The number of anilines is 1. The van der Waals surface area contributed by atoms with E-state index in [1.165, 1.54) is 6.08 Å². The van der Waals surface area contributed by atoms with Gasteiger partial charge in [-0.2, -0.15) is 5.10 Å². The van der Waals surface area contributed by atoms with Crippen LogP contribution >= 0.6 is 11.6 Å². The molecule has 0 unspecified atom stereocenters. The summed E-state index contributed by atoms with van der Waals surface area (Å²) in [6.07, 6.45) is 4.94. The van der Waals surface area contributed by atoms with Crippen LogP contribution in [0.1, 0.15) is 11.1 Å². The average Bonchev–Trinajstić information content (AvgIpc) is 3.03. The van der Waals surface area contributed by atoms with Gasteiger partial charge in [0, 0.05) is 17.2 Å². The van der Waals surface area contributed by atoms with Gasteiger partial charge in [-0.05, 0) is 29.3 Å². The van der Waals surface area contributed by atoms with Crippen LogP contribution in [0, 0.1) is 0 Å². The van der Waals surface area contributed by atoms with E-state index in [1.54, 1.807) is 23.0 Å². The predicted octanol–water partition coefficient (Wildman–Crippen LogP) is 4.24. The second-order valence-electron chi connectivity index (χ2n) is 5.23. The molecule has 5 heteroatoms. The fraction of sp³-hybridized carbons (Fsp3) is 0.0526. The minimum atomic E-state index is -0.197. The van der Waals surface area contributed by atoms with Gasteiger partial charge in [0.25, 0.3) is 0 Å². The molecule has 3 rings (SSSR count). The van der Waals surface area contributed by atoms with E-state index in [4.69, 9.17) is 11.6 Å². The SMILES string of the molecule is O=C(C=Cc1ccccc1)Nc1ccnn1Cc1ccc(Cl)cc1. The minimum Gasteiger partial charge on any atom is -0.307 e. The van der Waals surface area contributed by atoms with Crippen molar-refractivity contribution in [3.63, 3.8) is 0 Å². The van der Waals surface area contributed by atoms with Crippen molar-refractivity contribution in [2.75, 3.05) is 5.32 Å². The number of nitrogens with one attached hydrogen (secondary N) is 1. The molecule has 4 nitrogen and oxygen atoms in total. The van der Waals surface area contributed by atoms with Crippen molar-refractivity contribution >= 4 is 29.4 Å². The Morgan fingerprint density at radius 2 is 1.83 bits per heavy atom. The molecule has 1 N–H and O–H groups in total. The summed E-state index contributed by atoms with van der Waals surface area (Å²) in [7, 11) is 0. The standard InChI is InChI=1S/C19H16ClN3O/c20-17-9-6-16(7-10-17)14-23-18(12-13-21-23)22-19(24)11-8-15-4-2-1-3-5-15/h1-13H,14H2,(H,22,24). The topological polar surface area (TPSA) is 46.9 Å². The summed E-state index contributed by atoms with van der Waals surface area (Å²) >= 11 is 5.89. The molecule has 0 saturated heterocycles. The first-order valence-corrected chi connectivity index (χ1v) is 7.89. The molecule has 1 aromatic heterocycles. The maximum Gasteiger partial charge on any atom is 0.249 e. The summed E-state index contributed by atoms with van der Waals surface area (Å²) in [6, 6.07) is 19.0. The lowest BCUT2D eigenvalue weighted by molar-refractivity contribution is -0.111. The first-order valence-electron chi connectivity index (χ1n) is 7.51. The van der Waals surface area contributed by atoms with Gasteiger partial charge in [0.15, 0.2) is 0 Å². The van der Waals surface area contributed by atoms with E-state index in [2.05, 4.69) is 10.4 Å². The number of aromatic nitrogens is 2. The molecule has 0 atom stereocenters. The van der Waals surface area contributed by atoms with Crippen LogP contribution in [-0.4, -0.2) is 15.7 Å². The Kier molecular flexibility index (Phi) is 5.08. The molecule has 120 valence electrons. The van der Waals surface area contributed by atoms with Gasteiger partial charge in [-0.1, -0.05) is 54.1 Å². The molecule has 0 aliphatic rings. The van der Waals surface area contributed by atoms with Crippen molar-refractivity contribution in [1.82, 2.24) is 9.78 Å². The largest absolute Gasteiger partial charge is 0.307 e. The number of nitrogens with zero attached hydrogens (tertiary/aromatic N) is 2. The summed E-state index contributed by atoms with van der Waals surface area (Å²) in [4.78, 5) is 12.1. The van der Waals surface area contributed by atoms with Crippen LogP contribution in [0.25, 0.3) is 6.08 Å². The zero-order valence-electron chi connectivity index (χ0n) is 12.9. The van der Waals surface area contributed by atoms with Gasteiger partial charge in [0.2, 0.25) is 5.91 Å². The van der Waals surface area contributed by atoms with E-state index < -0.39 is 0 Å². The van der Waals surface area contributed by atoms with Crippen molar-refractivity contribution in [2.45, 2.75) is 6.54 Å². The molecule has 0 spiro atoms. The number of benzene rings is 2. The summed E-state index contributed by atoms with van der Waals surface area (Å²) in [5.74, 6) is 0.448. The van der Waals surface area contributed by atoms with Crippen LogP contribution < -0.4 is 5.32 Å². The number of halogens is 1. The molecule has 24 heavy (non-hydrogen) atoms. The van der Waals surface area contributed by atoms with Gasteiger partial charge in [0.05, 0.1) is 12.7 Å². The van der Waals surface area contributed by atoms with E-state index in [0.717, 1.165) is 11.1 Å². The molecule has 2 aromatic carbocycles. The normalized spacial score (nSPS) is 10.9. The van der Waals surface area contributed by atoms with Gasteiger partial charge in [-0.3, -0.25) is 4.79 Å². The Labute approximate surface area is 145 Å². The maximum atomic E-state index is 12.1. The minimum absolute atomic E-state index is 0.197. The molecule has 0 fully saturated rings. The highest BCUT2D eigenvalue weighted by Crippen LogP contribution is 2.13. The quantitative estimate of drug-likeness (QED) is 0.708. The summed E-state index contributed by atoms with van der Waals surface area (Å²) in [5.41, 5.74) is 2.03. The lowest BCUT2D eigenvalue weighted by atomic mass is 10.2. The van der Waals surface area contributed by atoms with E-state index >= 15 is 0 Å². The Hall–Kier alpha value is -2.85. The summed E-state index contributed by atoms with van der Waals surface area (Å²) < 4.78 is 1.73. The van der Waals surface area contributed by atoms with Gasteiger partial charge < -0.3 is 5.32 Å². The van der Waals surface area contributed by atoms with E-state index in [-0.39, 0.29) is 5.91 Å². The van der Waals surface area contributed by atoms with Gasteiger partial charge in [-0.25, -0.2) is 4.68 Å². The van der Waals surface area contributed by atoms with Crippen LogP contribution in [0.2, 0.25) is 5.02 Å². The number of hydrogen-bond acceptors (Lipinski definition) is 2. The summed E-state index contributed by atoms with van der Waals surface area (Å²) in [5, 5.41) is 7.78.